The Bertz CT molecular complexity index is 967. The van der Waals surface area contributed by atoms with Gasteiger partial charge in [-0.2, -0.15) is 0 Å². The lowest BCUT2D eigenvalue weighted by molar-refractivity contribution is 0.0954. The van der Waals surface area contributed by atoms with Crippen molar-refractivity contribution in [2.45, 2.75) is 4.90 Å². The fourth-order valence-electron chi connectivity index (χ4n) is 2.29. The highest BCUT2D eigenvalue weighted by molar-refractivity contribution is 9.13. The van der Waals surface area contributed by atoms with Crippen LogP contribution in [-0.2, 0) is 10.0 Å². The first-order valence-corrected chi connectivity index (χ1v) is 10.1. The lowest BCUT2D eigenvalue weighted by Gasteiger charge is -2.13. The zero-order valence-corrected chi connectivity index (χ0v) is 16.5. The average Bonchev–Trinajstić information content (AvgIpc) is 2.76. The Morgan fingerprint density at radius 2 is 1.80 bits per heavy atom. The number of nitrogens with one attached hydrogen (secondary N) is 4. The maximum atomic E-state index is 12.1. The molecular weight excluding hydrogens is 478 g/mol. The van der Waals surface area contributed by atoms with Crippen LogP contribution in [0.3, 0.4) is 0 Å². The van der Waals surface area contributed by atoms with Crippen molar-refractivity contribution in [2.24, 2.45) is 5.14 Å². The van der Waals surface area contributed by atoms with Crippen LogP contribution >= 0.6 is 31.9 Å². The highest BCUT2D eigenvalue weighted by atomic mass is 79.9. The number of rotatable bonds is 4. The third-order valence-corrected chi connectivity index (χ3v) is 6.34. The highest BCUT2D eigenvalue weighted by Crippen LogP contribution is 2.34. The number of carbonyl (C=O) groups excluding carboxylic acids is 1. The number of halogens is 2. The molecule has 6 N–H and O–H groups in total. The average molecular weight is 491 g/mol. The molecule has 1 amide bonds. The van der Waals surface area contributed by atoms with Crippen molar-refractivity contribution in [3.63, 3.8) is 0 Å². The molecule has 1 aliphatic heterocycles. The van der Waals surface area contributed by atoms with E-state index >= 15 is 0 Å². The summed E-state index contributed by atoms with van der Waals surface area (Å²) in [6, 6.07) is 5.97. The van der Waals surface area contributed by atoms with Gasteiger partial charge in [0.05, 0.1) is 25.4 Å². The summed E-state index contributed by atoms with van der Waals surface area (Å²) < 4.78 is 23.9. The number of aromatic nitrogens is 1. The number of anilines is 1. The molecule has 0 unspecified atom stereocenters. The van der Waals surface area contributed by atoms with Gasteiger partial charge in [0.1, 0.15) is 5.69 Å². The predicted molar refractivity (Wildman–Crippen MR) is 101 cm³/mol. The van der Waals surface area contributed by atoms with Gasteiger partial charge in [-0.15, -0.1) is 0 Å². The Labute approximate surface area is 160 Å². The van der Waals surface area contributed by atoms with Crippen molar-refractivity contribution in [3.8, 4) is 0 Å². The first-order chi connectivity index (χ1) is 11.8. The molecule has 1 aliphatic rings. The van der Waals surface area contributed by atoms with E-state index in [-0.39, 0.29) is 10.8 Å². The van der Waals surface area contributed by atoms with Crippen molar-refractivity contribution in [3.05, 3.63) is 50.7 Å². The summed E-state index contributed by atoms with van der Waals surface area (Å²) in [7, 11) is -3.73. The second-order valence-corrected chi connectivity index (χ2v) is 8.30. The normalized spacial score (nSPS) is 14.2. The number of carbonyl (C=O) groups is 1. The Kier molecular flexibility index (Phi) is 4.91. The lowest BCUT2D eigenvalue weighted by atomic mass is 10.2. The smallest absolute Gasteiger partial charge is 0.268 e. The molecule has 3 rings (SSSR count). The molecule has 11 heteroatoms. The van der Waals surface area contributed by atoms with Gasteiger partial charge in [0.2, 0.25) is 10.0 Å². The maximum absolute atomic E-state index is 12.1. The van der Waals surface area contributed by atoms with Gasteiger partial charge >= 0.3 is 0 Å². The molecule has 0 fully saturated rings. The van der Waals surface area contributed by atoms with Crippen LogP contribution in [0, 0.1) is 0 Å². The van der Waals surface area contributed by atoms with E-state index in [0.29, 0.717) is 38.3 Å². The fourth-order valence-corrected chi connectivity index (χ4v) is 3.71. The van der Waals surface area contributed by atoms with Gasteiger partial charge in [0.15, 0.2) is 0 Å². The molecule has 0 saturated heterocycles. The lowest BCUT2D eigenvalue weighted by Crippen LogP contribution is -2.22. The number of nitrogens with two attached hydrogens (primary N) is 1. The van der Waals surface area contributed by atoms with E-state index in [2.05, 4.69) is 53.0 Å². The molecule has 1 aromatic heterocycles. The van der Waals surface area contributed by atoms with Gasteiger partial charge in [0, 0.05) is 12.1 Å². The SMILES string of the molecule is NS(=O)(=O)c1ccc(NNC2=CCNC(=O)c3[nH]c(Br)c(Br)c32)cc1. The number of hydrazine groups is 1. The van der Waals surface area contributed by atoms with E-state index in [1.807, 2.05) is 6.08 Å². The van der Waals surface area contributed by atoms with Crippen LogP contribution in [0.15, 0.2) is 44.3 Å². The molecule has 0 radical (unpaired) electrons. The minimum absolute atomic E-state index is 0.0288. The quantitative estimate of drug-likeness (QED) is 0.418. The number of sulfonamides is 1. The van der Waals surface area contributed by atoms with Crippen molar-refractivity contribution in [2.75, 3.05) is 12.0 Å². The third kappa shape index (κ3) is 3.73. The second kappa shape index (κ2) is 6.83. The zero-order valence-electron chi connectivity index (χ0n) is 12.6. The summed E-state index contributed by atoms with van der Waals surface area (Å²) in [5.74, 6) is -0.216. The summed E-state index contributed by atoms with van der Waals surface area (Å²) >= 11 is 6.80. The molecule has 2 heterocycles. The van der Waals surface area contributed by atoms with Gasteiger partial charge in [-0.25, -0.2) is 13.6 Å². The minimum Gasteiger partial charge on any atom is -0.347 e. The fraction of sp³-hybridized carbons (Fsp3) is 0.0714. The van der Waals surface area contributed by atoms with Crippen LogP contribution < -0.4 is 21.3 Å². The molecular formula is C14H13Br2N5O3S. The van der Waals surface area contributed by atoms with Crippen LogP contribution in [0.4, 0.5) is 5.69 Å². The van der Waals surface area contributed by atoms with Gasteiger partial charge in [-0.1, -0.05) is 0 Å². The van der Waals surface area contributed by atoms with E-state index in [0.717, 1.165) is 0 Å². The molecule has 0 saturated carbocycles. The number of hydrogen-bond acceptors (Lipinski definition) is 5. The molecule has 0 atom stereocenters. The van der Waals surface area contributed by atoms with Crippen LogP contribution in [0.2, 0.25) is 0 Å². The number of aromatic amines is 1. The number of amides is 1. The predicted octanol–water partition coefficient (Wildman–Crippen LogP) is 1.89. The van der Waals surface area contributed by atoms with Crippen molar-refractivity contribution >= 4 is 59.2 Å². The van der Waals surface area contributed by atoms with Crippen LogP contribution in [0.1, 0.15) is 16.1 Å². The summed E-state index contributed by atoms with van der Waals surface area (Å²) in [5, 5.41) is 7.83. The molecule has 2 aromatic rings. The van der Waals surface area contributed by atoms with Gasteiger partial charge in [-0.3, -0.25) is 4.79 Å². The highest BCUT2D eigenvalue weighted by Gasteiger charge is 2.24. The summed E-state index contributed by atoms with van der Waals surface area (Å²) in [5.41, 5.74) is 8.41. The van der Waals surface area contributed by atoms with E-state index in [4.69, 9.17) is 5.14 Å². The third-order valence-electron chi connectivity index (χ3n) is 3.49. The van der Waals surface area contributed by atoms with E-state index in [1.54, 1.807) is 12.1 Å². The number of primary sulfonamides is 1. The van der Waals surface area contributed by atoms with Crippen molar-refractivity contribution in [1.82, 2.24) is 15.7 Å². The monoisotopic (exact) mass is 489 g/mol. The Morgan fingerprint density at radius 3 is 2.44 bits per heavy atom. The summed E-state index contributed by atoms with van der Waals surface area (Å²) in [6.45, 7) is 0.361. The van der Waals surface area contributed by atoms with E-state index < -0.39 is 10.0 Å². The maximum Gasteiger partial charge on any atom is 0.268 e. The Hall–Kier alpha value is -1.82. The van der Waals surface area contributed by atoms with Crippen LogP contribution in [0.25, 0.3) is 5.70 Å². The van der Waals surface area contributed by atoms with Crippen LogP contribution in [0.5, 0.6) is 0 Å². The standard InChI is InChI=1S/C14H13Br2N5O3S/c15-11-10-9(5-6-18-14(22)12(10)19-13(11)16)21-20-7-1-3-8(4-2-7)25(17,23)24/h1-5,19-21H,6H2,(H,18,22)(H2,17,23,24). The first kappa shape index (κ1) is 18.0. The van der Waals surface area contributed by atoms with Crippen molar-refractivity contribution < 1.29 is 13.2 Å². The zero-order chi connectivity index (χ0) is 18.2. The van der Waals surface area contributed by atoms with E-state index in [9.17, 15) is 13.2 Å². The summed E-state index contributed by atoms with van der Waals surface area (Å²) in [6.07, 6.45) is 1.82. The van der Waals surface area contributed by atoms with Gasteiger partial charge in [-0.05, 0) is 62.2 Å². The van der Waals surface area contributed by atoms with E-state index in [1.165, 1.54) is 12.1 Å². The Balaban J connectivity index is 1.83. The number of fused-ring (bicyclic) bond motifs is 1. The number of benzene rings is 1. The molecule has 132 valence electrons. The first-order valence-electron chi connectivity index (χ1n) is 6.98. The largest absolute Gasteiger partial charge is 0.347 e. The number of H-pyrrole nitrogens is 1. The van der Waals surface area contributed by atoms with Crippen LogP contribution in [-0.4, -0.2) is 25.9 Å². The van der Waals surface area contributed by atoms with Gasteiger partial charge in [0.25, 0.3) is 5.91 Å². The second-order valence-electron chi connectivity index (χ2n) is 5.15. The minimum atomic E-state index is -3.73. The molecule has 25 heavy (non-hydrogen) atoms. The van der Waals surface area contributed by atoms with Crippen molar-refractivity contribution in [1.29, 1.82) is 0 Å². The molecule has 0 spiro atoms. The number of hydrogen-bond donors (Lipinski definition) is 5. The topological polar surface area (TPSA) is 129 Å². The molecule has 0 aliphatic carbocycles. The van der Waals surface area contributed by atoms with Gasteiger partial charge < -0.3 is 21.2 Å². The molecule has 0 bridgehead atoms. The molecule has 8 nitrogen and oxygen atoms in total. The Morgan fingerprint density at radius 1 is 1.12 bits per heavy atom. The molecule has 1 aromatic carbocycles. The summed E-state index contributed by atoms with van der Waals surface area (Å²) in [4.78, 5) is 15.1.